The lowest BCUT2D eigenvalue weighted by Crippen LogP contribution is -2.22. The van der Waals surface area contributed by atoms with Crippen LogP contribution in [0.2, 0.25) is 5.02 Å². The molecule has 0 spiro atoms. The van der Waals surface area contributed by atoms with Crippen molar-refractivity contribution in [2.75, 3.05) is 5.32 Å². The third-order valence-corrected chi connectivity index (χ3v) is 6.93. The Balaban J connectivity index is 1.86. The van der Waals surface area contributed by atoms with E-state index in [2.05, 4.69) is 15.4 Å². The first-order valence-electron chi connectivity index (χ1n) is 10.4. The summed E-state index contributed by atoms with van der Waals surface area (Å²) in [6, 6.07) is 7.44. The number of amides is 2. The van der Waals surface area contributed by atoms with E-state index in [1.807, 2.05) is 6.92 Å². The van der Waals surface area contributed by atoms with Crippen molar-refractivity contribution in [3.05, 3.63) is 67.3 Å². The van der Waals surface area contributed by atoms with Crippen LogP contribution >= 0.6 is 22.9 Å². The van der Waals surface area contributed by atoms with E-state index in [0.29, 0.717) is 16.9 Å². The van der Waals surface area contributed by atoms with Crippen LogP contribution in [-0.2, 0) is 17.5 Å². The second-order valence-electron chi connectivity index (χ2n) is 7.96. The highest BCUT2D eigenvalue weighted by atomic mass is 35.5. The predicted molar refractivity (Wildman–Crippen MR) is 131 cm³/mol. The molecule has 3 heterocycles. The SMILES string of the molecule is Cc1ccc(-c2cc(C(F)(F)F)nc3sc(C(N)=O)c(NC(=O)Cn4nc([N+](=O)[O-])c(Cl)c4C)c23)cc1. The standard InChI is InChI=1S/C22H16ClF3N6O4S/c1-9-3-5-11(6-4-9)12-7-13(22(24,25)26)28-21-15(12)17(18(37-21)19(27)34)29-14(33)8-31-10(2)16(23)20(30-31)32(35)36/h3-7H,8H2,1-2H3,(H2,27,34)(H,29,33). The molecule has 3 N–H and O–H groups in total. The Labute approximate surface area is 215 Å². The van der Waals surface area contributed by atoms with Crippen molar-refractivity contribution in [3.63, 3.8) is 0 Å². The number of nitrogens with zero attached hydrogens (tertiary/aromatic N) is 4. The molecule has 3 aromatic heterocycles. The normalized spacial score (nSPS) is 11.6. The molecule has 0 aliphatic heterocycles. The summed E-state index contributed by atoms with van der Waals surface area (Å²) in [4.78, 5) is 38.7. The van der Waals surface area contributed by atoms with Crippen molar-refractivity contribution < 1.29 is 27.7 Å². The number of hydrogen-bond acceptors (Lipinski definition) is 7. The fraction of sp³-hybridized carbons (Fsp3) is 0.182. The number of rotatable bonds is 6. The van der Waals surface area contributed by atoms with Crippen LogP contribution in [0.4, 0.5) is 24.7 Å². The van der Waals surface area contributed by atoms with E-state index in [9.17, 15) is 32.9 Å². The molecule has 4 aromatic rings. The number of thiophene rings is 1. The average Bonchev–Trinajstić information content (AvgIpc) is 3.31. The highest BCUT2D eigenvalue weighted by Crippen LogP contribution is 2.43. The van der Waals surface area contributed by atoms with Gasteiger partial charge >= 0.3 is 12.0 Å². The maximum Gasteiger partial charge on any atom is 0.433 e. The Morgan fingerprint density at radius 2 is 1.89 bits per heavy atom. The van der Waals surface area contributed by atoms with Gasteiger partial charge in [-0.1, -0.05) is 41.4 Å². The van der Waals surface area contributed by atoms with Gasteiger partial charge in [-0.15, -0.1) is 11.3 Å². The first-order valence-corrected chi connectivity index (χ1v) is 11.6. The van der Waals surface area contributed by atoms with Gasteiger partial charge in [-0.25, -0.2) is 4.98 Å². The molecule has 37 heavy (non-hydrogen) atoms. The number of aromatic nitrogens is 3. The van der Waals surface area contributed by atoms with E-state index >= 15 is 0 Å². The van der Waals surface area contributed by atoms with E-state index in [-0.39, 0.29) is 37.1 Å². The number of aryl methyl sites for hydroxylation is 1. The molecule has 2 amide bonds. The largest absolute Gasteiger partial charge is 0.433 e. The van der Waals surface area contributed by atoms with Crippen molar-refractivity contribution in [1.82, 2.24) is 14.8 Å². The lowest BCUT2D eigenvalue weighted by Gasteiger charge is -2.12. The summed E-state index contributed by atoms with van der Waals surface area (Å²) in [6.07, 6.45) is -4.78. The third kappa shape index (κ3) is 4.97. The molecule has 1 aromatic carbocycles. The van der Waals surface area contributed by atoms with Gasteiger partial charge in [-0.3, -0.25) is 9.59 Å². The second-order valence-corrected chi connectivity index (χ2v) is 9.33. The number of nitro groups is 1. The Morgan fingerprint density at radius 1 is 1.24 bits per heavy atom. The van der Waals surface area contributed by atoms with Gasteiger partial charge in [0, 0.05) is 5.39 Å². The minimum Gasteiger partial charge on any atom is -0.365 e. The van der Waals surface area contributed by atoms with Crippen LogP contribution in [0, 0.1) is 24.0 Å². The molecule has 0 aliphatic carbocycles. The van der Waals surface area contributed by atoms with E-state index in [4.69, 9.17) is 17.3 Å². The zero-order valence-corrected chi connectivity index (χ0v) is 20.6. The Kier molecular flexibility index (Phi) is 6.64. The van der Waals surface area contributed by atoms with Crippen molar-refractivity contribution in [2.24, 2.45) is 5.73 Å². The van der Waals surface area contributed by atoms with Gasteiger partial charge in [0.05, 0.1) is 16.5 Å². The van der Waals surface area contributed by atoms with Crippen molar-refractivity contribution >= 4 is 56.5 Å². The number of carbonyl (C=O) groups excluding carboxylic acids is 2. The smallest absolute Gasteiger partial charge is 0.365 e. The summed E-state index contributed by atoms with van der Waals surface area (Å²) in [6.45, 7) is 2.69. The van der Waals surface area contributed by atoms with Gasteiger partial charge < -0.3 is 21.2 Å². The van der Waals surface area contributed by atoms with Crippen LogP contribution in [0.25, 0.3) is 21.3 Å². The number of primary amides is 1. The second kappa shape index (κ2) is 9.44. The molecular formula is C22H16ClF3N6O4S. The molecule has 0 fully saturated rings. The van der Waals surface area contributed by atoms with Gasteiger partial charge in [0.15, 0.2) is 5.02 Å². The number of pyridine rings is 1. The van der Waals surface area contributed by atoms with E-state index in [0.717, 1.165) is 16.3 Å². The molecule has 0 aliphatic rings. The summed E-state index contributed by atoms with van der Waals surface area (Å²) in [5.74, 6) is -2.42. The predicted octanol–water partition coefficient (Wildman–Crippen LogP) is 5.09. The number of anilines is 1. The maximum atomic E-state index is 13.6. The Hall–Kier alpha value is -4.04. The molecule has 192 valence electrons. The quantitative estimate of drug-likeness (QED) is 0.251. The average molecular weight is 553 g/mol. The van der Waals surface area contributed by atoms with Gasteiger partial charge in [-0.2, -0.15) is 17.9 Å². The van der Waals surface area contributed by atoms with E-state index < -0.39 is 41.0 Å². The van der Waals surface area contributed by atoms with Crippen molar-refractivity contribution in [2.45, 2.75) is 26.6 Å². The number of nitrogens with two attached hydrogens (primary N) is 1. The Bertz CT molecular complexity index is 1580. The summed E-state index contributed by atoms with van der Waals surface area (Å²) in [7, 11) is 0. The number of fused-ring (bicyclic) bond motifs is 1. The zero-order valence-electron chi connectivity index (χ0n) is 19.0. The van der Waals surface area contributed by atoms with Crippen LogP contribution in [-0.4, -0.2) is 31.5 Å². The number of alkyl halides is 3. The summed E-state index contributed by atoms with van der Waals surface area (Å²) >= 11 is 6.52. The number of nitrogens with one attached hydrogen (secondary N) is 1. The third-order valence-electron chi connectivity index (χ3n) is 5.39. The minimum absolute atomic E-state index is 0.0744. The number of carbonyl (C=O) groups is 2. The molecule has 4 rings (SSSR count). The van der Waals surface area contributed by atoms with Crippen LogP contribution in [0.15, 0.2) is 30.3 Å². The molecule has 0 saturated heterocycles. The first-order chi connectivity index (χ1) is 17.3. The van der Waals surface area contributed by atoms with Crippen LogP contribution in [0.3, 0.4) is 0 Å². The highest BCUT2D eigenvalue weighted by molar-refractivity contribution is 7.21. The lowest BCUT2D eigenvalue weighted by atomic mass is 10.00. The number of hydrogen-bond donors (Lipinski definition) is 2. The van der Waals surface area contributed by atoms with Crippen LogP contribution in [0.5, 0.6) is 0 Å². The van der Waals surface area contributed by atoms with Gasteiger partial charge in [-0.05, 0) is 36.0 Å². The summed E-state index contributed by atoms with van der Waals surface area (Å²) < 4.78 is 41.9. The molecule has 0 bridgehead atoms. The van der Waals surface area contributed by atoms with Gasteiger partial charge in [0.2, 0.25) is 5.91 Å². The topological polar surface area (TPSA) is 146 Å². The molecule has 0 saturated carbocycles. The Morgan fingerprint density at radius 3 is 2.43 bits per heavy atom. The monoisotopic (exact) mass is 552 g/mol. The number of halogens is 4. The number of benzene rings is 1. The van der Waals surface area contributed by atoms with Crippen molar-refractivity contribution in [3.8, 4) is 11.1 Å². The van der Waals surface area contributed by atoms with E-state index in [1.54, 1.807) is 24.3 Å². The molecule has 0 unspecified atom stereocenters. The maximum absolute atomic E-state index is 13.6. The summed E-state index contributed by atoms with van der Waals surface area (Å²) in [5, 5.41) is 17.1. The molecule has 15 heteroatoms. The molecular weight excluding hydrogens is 537 g/mol. The van der Waals surface area contributed by atoms with Crippen LogP contribution in [0.1, 0.15) is 26.6 Å². The fourth-order valence-corrected chi connectivity index (χ4v) is 4.80. The van der Waals surface area contributed by atoms with Crippen LogP contribution < -0.4 is 11.1 Å². The van der Waals surface area contributed by atoms with E-state index in [1.165, 1.54) is 6.92 Å². The van der Waals surface area contributed by atoms with Gasteiger partial charge in [0.25, 0.3) is 5.91 Å². The van der Waals surface area contributed by atoms with Gasteiger partial charge in [0.1, 0.15) is 21.9 Å². The summed E-state index contributed by atoms with van der Waals surface area (Å²) in [5.41, 5.74) is 5.64. The highest BCUT2D eigenvalue weighted by Gasteiger charge is 2.35. The first kappa shape index (κ1) is 26.0. The van der Waals surface area contributed by atoms with Crippen molar-refractivity contribution in [1.29, 1.82) is 0 Å². The lowest BCUT2D eigenvalue weighted by molar-refractivity contribution is -0.389. The fourth-order valence-electron chi connectivity index (χ4n) is 3.59. The zero-order chi connectivity index (χ0) is 27.2. The molecule has 10 nitrogen and oxygen atoms in total. The minimum atomic E-state index is -4.78. The molecule has 0 atom stereocenters. The molecule has 0 radical (unpaired) electrons.